The van der Waals surface area contributed by atoms with Crippen molar-refractivity contribution in [2.75, 3.05) is 13.1 Å². The first-order valence-electron chi connectivity index (χ1n) is 8.07. The Morgan fingerprint density at radius 2 is 2.14 bits per heavy atom. The van der Waals surface area contributed by atoms with E-state index >= 15 is 0 Å². The molecule has 1 aromatic rings. The lowest BCUT2D eigenvalue weighted by Crippen LogP contribution is -2.62. The Bertz CT molecular complexity index is 484. The number of rotatable bonds is 4. The van der Waals surface area contributed by atoms with Gasteiger partial charge in [0.25, 0.3) is 0 Å². The summed E-state index contributed by atoms with van der Waals surface area (Å²) in [6, 6.07) is 5.69. The average molecular weight is 292 g/mol. The molecule has 2 rings (SSSR count). The zero-order chi connectivity index (χ0) is 15.6. The highest BCUT2D eigenvalue weighted by atomic mass is 19.1. The van der Waals surface area contributed by atoms with E-state index in [2.05, 4.69) is 37.9 Å². The lowest BCUT2D eigenvalue weighted by atomic mass is 9.90. The number of hydrogen-bond donors (Lipinski definition) is 1. The molecule has 3 heteroatoms. The van der Waals surface area contributed by atoms with Gasteiger partial charge in [-0.15, -0.1) is 0 Å². The van der Waals surface area contributed by atoms with E-state index in [4.69, 9.17) is 0 Å². The fourth-order valence-electron chi connectivity index (χ4n) is 3.03. The summed E-state index contributed by atoms with van der Waals surface area (Å²) in [5.74, 6) is 0.534. The molecular weight excluding hydrogens is 263 g/mol. The van der Waals surface area contributed by atoms with Gasteiger partial charge in [-0.2, -0.15) is 0 Å². The van der Waals surface area contributed by atoms with Gasteiger partial charge in [0.1, 0.15) is 5.82 Å². The maximum atomic E-state index is 13.3. The summed E-state index contributed by atoms with van der Waals surface area (Å²) in [6.45, 7) is 14.1. The van der Waals surface area contributed by atoms with Crippen LogP contribution in [0.25, 0.3) is 0 Å². The van der Waals surface area contributed by atoms with Gasteiger partial charge in [0, 0.05) is 31.2 Å². The summed E-state index contributed by atoms with van der Waals surface area (Å²) in [5.41, 5.74) is 2.41. The molecule has 1 fully saturated rings. The van der Waals surface area contributed by atoms with Gasteiger partial charge < -0.3 is 5.32 Å². The second-order valence-electron chi connectivity index (χ2n) is 7.14. The predicted molar refractivity (Wildman–Crippen MR) is 86.9 cm³/mol. The molecule has 0 aliphatic carbocycles. The van der Waals surface area contributed by atoms with Gasteiger partial charge in [-0.1, -0.05) is 26.3 Å². The summed E-state index contributed by atoms with van der Waals surface area (Å²) < 4.78 is 13.3. The standard InChI is InChI=1S/C18H29FN2/c1-6-13(2)17-11-21(18(4,5)12-20-17)10-15-7-8-16(19)9-14(15)3/h7-9,13,17,20H,6,10-12H2,1-5H3. The Morgan fingerprint density at radius 3 is 2.76 bits per heavy atom. The van der Waals surface area contributed by atoms with E-state index in [0.717, 1.165) is 25.2 Å². The van der Waals surface area contributed by atoms with Crippen LogP contribution in [0.5, 0.6) is 0 Å². The molecule has 1 N–H and O–H groups in total. The van der Waals surface area contributed by atoms with Crippen molar-refractivity contribution < 1.29 is 4.39 Å². The topological polar surface area (TPSA) is 15.3 Å². The van der Waals surface area contributed by atoms with Crippen molar-refractivity contribution in [2.24, 2.45) is 5.92 Å². The molecule has 0 spiro atoms. The third-order valence-electron chi connectivity index (χ3n) is 5.07. The number of piperazine rings is 1. The van der Waals surface area contributed by atoms with Crippen molar-refractivity contribution in [2.45, 2.75) is 59.2 Å². The summed E-state index contributed by atoms with van der Waals surface area (Å²) in [4.78, 5) is 2.54. The summed E-state index contributed by atoms with van der Waals surface area (Å²) in [5, 5.41) is 3.70. The second-order valence-corrected chi connectivity index (χ2v) is 7.14. The van der Waals surface area contributed by atoms with Gasteiger partial charge >= 0.3 is 0 Å². The first kappa shape index (κ1) is 16.4. The minimum absolute atomic E-state index is 0.130. The molecule has 1 aliphatic rings. The van der Waals surface area contributed by atoms with Crippen molar-refractivity contribution in [1.29, 1.82) is 0 Å². The zero-order valence-corrected chi connectivity index (χ0v) is 14.0. The maximum absolute atomic E-state index is 13.3. The van der Waals surface area contributed by atoms with Gasteiger partial charge in [-0.25, -0.2) is 4.39 Å². The van der Waals surface area contributed by atoms with Crippen LogP contribution >= 0.6 is 0 Å². The first-order valence-corrected chi connectivity index (χ1v) is 8.07. The van der Waals surface area contributed by atoms with E-state index in [-0.39, 0.29) is 11.4 Å². The monoisotopic (exact) mass is 292 g/mol. The summed E-state index contributed by atoms with van der Waals surface area (Å²) in [6.07, 6.45) is 1.20. The number of aryl methyl sites for hydroxylation is 1. The van der Waals surface area contributed by atoms with Crippen LogP contribution in [0.15, 0.2) is 18.2 Å². The third kappa shape index (κ3) is 3.83. The van der Waals surface area contributed by atoms with Crippen LogP contribution in [0.3, 0.4) is 0 Å². The van der Waals surface area contributed by atoms with Gasteiger partial charge in [-0.3, -0.25) is 4.90 Å². The Morgan fingerprint density at radius 1 is 1.43 bits per heavy atom. The molecule has 1 aromatic carbocycles. The molecule has 2 unspecified atom stereocenters. The van der Waals surface area contributed by atoms with Crippen molar-refractivity contribution in [3.05, 3.63) is 35.1 Å². The fraction of sp³-hybridized carbons (Fsp3) is 0.667. The highest BCUT2D eigenvalue weighted by Gasteiger charge is 2.35. The molecule has 118 valence electrons. The highest BCUT2D eigenvalue weighted by Crippen LogP contribution is 2.25. The van der Waals surface area contributed by atoms with Crippen LogP contribution in [0.2, 0.25) is 0 Å². The van der Waals surface area contributed by atoms with Crippen LogP contribution in [0, 0.1) is 18.7 Å². The number of nitrogens with one attached hydrogen (secondary N) is 1. The highest BCUT2D eigenvalue weighted by molar-refractivity contribution is 5.26. The van der Waals surface area contributed by atoms with Crippen LogP contribution in [0.4, 0.5) is 4.39 Å². The average Bonchev–Trinajstić information content (AvgIpc) is 2.42. The van der Waals surface area contributed by atoms with Crippen molar-refractivity contribution in [1.82, 2.24) is 10.2 Å². The molecule has 0 bridgehead atoms. The van der Waals surface area contributed by atoms with E-state index in [0.29, 0.717) is 12.0 Å². The van der Waals surface area contributed by atoms with E-state index in [9.17, 15) is 4.39 Å². The molecule has 21 heavy (non-hydrogen) atoms. The fourth-order valence-corrected chi connectivity index (χ4v) is 3.03. The molecule has 2 atom stereocenters. The van der Waals surface area contributed by atoms with Crippen molar-refractivity contribution >= 4 is 0 Å². The maximum Gasteiger partial charge on any atom is 0.123 e. The van der Waals surface area contributed by atoms with Gasteiger partial charge in [0.15, 0.2) is 0 Å². The molecule has 0 saturated carbocycles. The molecule has 0 radical (unpaired) electrons. The lowest BCUT2D eigenvalue weighted by molar-refractivity contribution is 0.0447. The normalized spacial score (nSPS) is 24.0. The Kier molecular flexibility index (Phi) is 5.05. The minimum Gasteiger partial charge on any atom is -0.311 e. The summed E-state index contributed by atoms with van der Waals surface area (Å²) in [7, 11) is 0. The quantitative estimate of drug-likeness (QED) is 0.909. The third-order valence-corrected chi connectivity index (χ3v) is 5.07. The smallest absolute Gasteiger partial charge is 0.123 e. The molecule has 0 aromatic heterocycles. The Balaban J connectivity index is 2.14. The zero-order valence-electron chi connectivity index (χ0n) is 14.0. The van der Waals surface area contributed by atoms with Crippen LogP contribution in [-0.4, -0.2) is 29.6 Å². The largest absolute Gasteiger partial charge is 0.311 e. The number of halogens is 1. The Labute approximate surface area is 128 Å². The first-order chi connectivity index (χ1) is 9.83. The predicted octanol–water partition coefficient (Wildman–Crippen LogP) is 3.73. The molecule has 2 nitrogen and oxygen atoms in total. The van der Waals surface area contributed by atoms with E-state index in [1.807, 2.05) is 13.0 Å². The molecule has 0 amide bonds. The van der Waals surface area contributed by atoms with Crippen LogP contribution < -0.4 is 5.32 Å². The van der Waals surface area contributed by atoms with Crippen LogP contribution in [-0.2, 0) is 6.54 Å². The summed E-state index contributed by atoms with van der Waals surface area (Å²) >= 11 is 0. The molecule has 1 saturated heterocycles. The van der Waals surface area contributed by atoms with Crippen molar-refractivity contribution in [3.63, 3.8) is 0 Å². The minimum atomic E-state index is -0.145. The lowest BCUT2D eigenvalue weighted by Gasteiger charge is -2.47. The van der Waals surface area contributed by atoms with Gasteiger partial charge in [0.05, 0.1) is 0 Å². The number of benzene rings is 1. The van der Waals surface area contributed by atoms with E-state index in [1.54, 1.807) is 12.1 Å². The van der Waals surface area contributed by atoms with Gasteiger partial charge in [-0.05, 0) is 49.9 Å². The van der Waals surface area contributed by atoms with Crippen molar-refractivity contribution in [3.8, 4) is 0 Å². The van der Waals surface area contributed by atoms with E-state index < -0.39 is 0 Å². The molecule has 1 heterocycles. The van der Waals surface area contributed by atoms with Gasteiger partial charge in [0.2, 0.25) is 0 Å². The number of hydrogen-bond acceptors (Lipinski definition) is 2. The molecule has 1 aliphatic heterocycles. The number of nitrogens with zero attached hydrogens (tertiary/aromatic N) is 1. The Hall–Kier alpha value is -0.930. The SMILES string of the molecule is CCC(C)C1CN(Cc2ccc(F)cc2C)C(C)(C)CN1. The molecular formula is C18H29FN2. The second kappa shape index (κ2) is 6.45. The van der Waals surface area contributed by atoms with Crippen LogP contribution in [0.1, 0.15) is 45.2 Å². The van der Waals surface area contributed by atoms with E-state index in [1.165, 1.54) is 12.0 Å².